The first-order chi connectivity index (χ1) is 9.95. The molecule has 1 saturated heterocycles. The molecule has 6 heteroatoms. The molecular weight excluding hydrogens is 268 g/mol. The van der Waals surface area contributed by atoms with Gasteiger partial charge < -0.3 is 20.5 Å². The van der Waals surface area contributed by atoms with E-state index in [0.29, 0.717) is 24.3 Å². The van der Waals surface area contributed by atoms with E-state index < -0.39 is 0 Å². The lowest BCUT2D eigenvalue weighted by molar-refractivity contribution is -0.126. The number of carbonyl (C=O) groups excluding carboxylic acids is 2. The van der Waals surface area contributed by atoms with Crippen molar-refractivity contribution in [2.24, 2.45) is 0 Å². The van der Waals surface area contributed by atoms with Crippen molar-refractivity contribution in [2.45, 2.75) is 45.2 Å². The SMILES string of the molecule is CNC(=O)C1CCCCN1C(=O)c1cc(N)cn1C(C)C. The molecule has 6 nitrogen and oxygen atoms in total. The van der Waals surface area contributed by atoms with E-state index in [4.69, 9.17) is 5.73 Å². The average molecular weight is 292 g/mol. The summed E-state index contributed by atoms with van der Waals surface area (Å²) in [4.78, 5) is 26.5. The number of nitrogens with zero attached hydrogens (tertiary/aromatic N) is 2. The van der Waals surface area contributed by atoms with Gasteiger partial charge in [-0.05, 0) is 39.2 Å². The monoisotopic (exact) mass is 292 g/mol. The molecule has 0 aromatic carbocycles. The number of piperidine rings is 1. The topological polar surface area (TPSA) is 80.4 Å². The maximum absolute atomic E-state index is 12.8. The number of aromatic nitrogens is 1. The Hall–Kier alpha value is -1.98. The van der Waals surface area contributed by atoms with Gasteiger partial charge in [-0.2, -0.15) is 0 Å². The second-order valence-electron chi connectivity index (χ2n) is 5.78. The Labute approximate surface area is 125 Å². The smallest absolute Gasteiger partial charge is 0.271 e. The van der Waals surface area contributed by atoms with Crippen molar-refractivity contribution < 1.29 is 9.59 Å². The van der Waals surface area contributed by atoms with Crippen LogP contribution in [0.2, 0.25) is 0 Å². The zero-order valence-electron chi connectivity index (χ0n) is 12.9. The Balaban J connectivity index is 2.31. The molecule has 0 bridgehead atoms. The van der Waals surface area contributed by atoms with E-state index in [1.807, 2.05) is 18.4 Å². The van der Waals surface area contributed by atoms with E-state index in [1.165, 1.54) is 0 Å². The molecule has 116 valence electrons. The van der Waals surface area contributed by atoms with Gasteiger partial charge in [0.25, 0.3) is 5.91 Å². The molecule has 0 saturated carbocycles. The molecular formula is C15H24N4O2. The molecule has 1 aliphatic heterocycles. The summed E-state index contributed by atoms with van der Waals surface area (Å²) in [5.41, 5.74) is 6.96. The van der Waals surface area contributed by atoms with Crippen molar-refractivity contribution in [1.29, 1.82) is 0 Å². The Kier molecular flexibility index (Phi) is 4.55. The first-order valence-corrected chi connectivity index (χ1v) is 7.45. The molecule has 0 radical (unpaired) electrons. The summed E-state index contributed by atoms with van der Waals surface area (Å²) in [6.07, 6.45) is 4.38. The second kappa shape index (κ2) is 6.20. The summed E-state index contributed by atoms with van der Waals surface area (Å²) in [6, 6.07) is 1.45. The summed E-state index contributed by atoms with van der Waals surface area (Å²) in [6.45, 7) is 4.62. The lowest BCUT2D eigenvalue weighted by Gasteiger charge is -2.34. The van der Waals surface area contributed by atoms with Crippen LogP contribution in [-0.4, -0.2) is 40.9 Å². The average Bonchev–Trinajstić information content (AvgIpc) is 2.88. The third-order valence-electron chi connectivity index (χ3n) is 3.96. The lowest BCUT2D eigenvalue weighted by atomic mass is 10.0. The van der Waals surface area contributed by atoms with E-state index in [-0.39, 0.29) is 23.9 Å². The zero-order chi connectivity index (χ0) is 15.6. The van der Waals surface area contributed by atoms with E-state index in [2.05, 4.69) is 5.32 Å². The van der Waals surface area contributed by atoms with Gasteiger partial charge in [-0.15, -0.1) is 0 Å². The molecule has 2 amide bonds. The maximum Gasteiger partial charge on any atom is 0.271 e. The minimum absolute atomic E-state index is 0.0984. The number of nitrogens with two attached hydrogens (primary N) is 1. The predicted molar refractivity (Wildman–Crippen MR) is 82.0 cm³/mol. The third kappa shape index (κ3) is 3.04. The van der Waals surface area contributed by atoms with Gasteiger partial charge in [0.1, 0.15) is 11.7 Å². The fraction of sp³-hybridized carbons (Fsp3) is 0.600. The van der Waals surface area contributed by atoms with Gasteiger partial charge in [0, 0.05) is 25.8 Å². The van der Waals surface area contributed by atoms with E-state index in [0.717, 1.165) is 12.8 Å². The van der Waals surface area contributed by atoms with Crippen LogP contribution < -0.4 is 11.1 Å². The normalized spacial score (nSPS) is 18.9. The first-order valence-electron chi connectivity index (χ1n) is 7.45. The summed E-state index contributed by atoms with van der Waals surface area (Å²) >= 11 is 0. The fourth-order valence-corrected chi connectivity index (χ4v) is 2.86. The first kappa shape index (κ1) is 15.4. The Morgan fingerprint density at radius 3 is 2.71 bits per heavy atom. The second-order valence-corrected chi connectivity index (χ2v) is 5.78. The lowest BCUT2D eigenvalue weighted by Crippen LogP contribution is -2.51. The van der Waals surface area contributed by atoms with E-state index >= 15 is 0 Å². The molecule has 1 aromatic heterocycles. The van der Waals surface area contributed by atoms with Gasteiger partial charge >= 0.3 is 0 Å². The van der Waals surface area contributed by atoms with Crippen LogP contribution in [0.15, 0.2) is 12.3 Å². The Bertz CT molecular complexity index is 536. The molecule has 2 heterocycles. The molecule has 1 fully saturated rings. The van der Waals surface area contributed by atoms with Crippen LogP contribution in [0.4, 0.5) is 5.69 Å². The molecule has 0 aliphatic carbocycles. The standard InChI is InChI=1S/C15H24N4O2/c1-10(2)19-9-11(16)8-13(19)15(21)18-7-5-4-6-12(18)14(20)17-3/h8-10,12H,4-7,16H2,1-3H3,(H,17,20). The summed E-state index contributed by atoms with van der Waals surface area (Å²) in [5, 5.41) is 2.65. The highest BCUT2D eigenvalue weighted by molar-refractivity contribution is 5.97. The minimum atomic E-state index is -0.381. The van der Waals surface area contributed by atoms with Crippen LogP contribution in [-0.2, 0) is 4.79 Å². The number of nitrogen functional groups attached to an aromatic ring is 1. The van der Waals surface area contributed by atoms with Crippen molar-refractivity contribution >= 4 is 17.5 Å². The van der Waals surface area contributed by atoms with Gasteiger partial charge in [-0.25, -0.2) is 0 Å². The van der Waals surface area contributed by atoms with Crippen molar-refractivity contribution in [3.63, 3.8) is 0 Å². The largest absolute Gasteiger partial charge is 0.397 e. The quantitative estimate of drug-likeness (QED) is 0.883. The van der Waals surface area contributed by atoms with Crippen molar-refractivity contribution in [3.05, 3.63) is 18.0 Å². The minimum Gasteiger partial charge on any atom is -0.397 e. The molecule has 2 rings (SSSR count). The number of anilines is 1. The fourth-order valence-electron chi connectivity index (χ4n) is 2.86. The summed E-state index contributed by atoms with van der Waals surface area (Å²) in [5.74, 6) is -0.215. The molecule has 1 aromatic rings. The maximum atomic E-state index is 12.8. The summed E-state index contributed by atoms with van der Waals surface area (Å²) < 4.78 is 1.87. The Morgan fingerprint density at radius 1 is 1.38 bits per heavy atom. The van der Waals surface area contributed by atoms with Gasteiger partial charge in [-0.3, -0.25) is 9.59 Å². The number of carbonyl (C=O) groups is 2. The van der Waals surface area contributed by atoms with Crippen LogP contribution in [0, 0.1) is 0 Å². The van der Waals surface area contributed by atoms with E-state index in [1.54, 1.807) is 24.2 Å². The predicted octanol–water partition coefficient (Wildman–Crippen LogP) is 1.39. The number of hydrogen-bond acceptors (Lipinski definition) is 3. The highest BCUT2D eigenvalue weighted by Gasteiger charge is 2.33. The van der Waals surface area contributed by atoms with Crippen LogP contribution in [0.3, 0.4) is 0 Å². The van der Waals surface area contributed by atoms with Crippen LogP contribution in [0.5, 0.6) is 0 Å². The van der Waals surface area contributed by atoms with Gasteiger partial charge in [0.15, 0.2) is 0 Å². The molecule has 1 atom stereocenters. The molecule has 21 heavy (non-hydrogen) atoms. The zero-order valence-corrected chi connectivity index (χ0v) is 12.9. The molecule has 1 aliphatic rings. The molecule has 0 spiro atoms. The van der Waals surface area contributed by atoms with Crippen molar-refractivity contribution in [1.82, 2.24) is 14.8 Å². The van der Waals surface area contributed by atoms with Crippen LogP contribution in [0.1, 0.15) is 49.6 Å². The van der Waals surface area contributed by atoms with Crippen molar-refractivity contribution in [2.75, 3.05) is 19.3 Å². The third-order valence-corrected chi connectivity index (χ3v) is 3.96. The van der Waals surface area contributed by atoms with Crippen LogP contribution in [0.25, 0.3) is 0 Å². The number of likely N-dealkylation sites (tertiary alicyclic amines) is 1. The molecule has 3 N–H and O–H groups in total. The summed E-state index contributed by atoms with van der Waals surface area (Å²) in [7, 11) is 1.61. The number of likely N-dealkylation sites (N-methyl/N-ethyl adjacent to an activating group) is 1. The number of nitrogens with one attached hydrogen (secondary N) is 1. The number of rotatable bonds is 3. The molecule has 1 unspecified atom stereocenters. The highest BCUT2D eigenvalue weighted by Crippen LogP contribution is 2.23. The van der Waals surface area contributed by atoms with Gasteiger partial charge in [0.2, 0.25) is 5.91 Å². The Morgan fingerprint density at radius 2 is 2.10 bits per heavy atom. The van der Waals surface area contributed by atoms with Gasteiger partial charge in [-0.1, -0.05) is 0 Å². The van der Waals surface area contributed by atoms with Gasteiger partial charge in [0.05, 0.1) is 5.69 Å². The van der Waals surface area contributed by atoms with Crippen molar-refractivity contribution in [3.8, 4) is 0 Å². The number of amides is 2. The number of hydrogen-bond donors (Lipinski definition) is 2. The van der Waals surface area contributed by atoms with Crippen LogP contribution >= 0.6 is 0 Å². The highest BCUT2D eigenvalue weighted by atomic mass is 16.2. The van der Waals surface area contributed by atoms with E-state index in [9.17, 15) is 9.59 Å².